The number of hydrogen-bond acceptors (Lipinski definition) is 3. The van der Waals surface area contributed by atoms with Crippen LogP contribution in [0.5, 0.6) is 5.75 Å². The quantitative estimate of drug-likeness (QED) is 0.361. The van der Waals surface area contributed by atoms with Crippen molar-refractivity contribution in [2.24, 2.45) is 10.9 Å². The minimum absolute atomic E-state index is 0. The number of benzene rings is 1. The first kappa shape index (κ1) is 23.0. The van der Waals surface area contributed by atoms with Crippen LogP contribution in [0.2, 0.25) is 0 Å². The number of likely N-dealkylation sites (N-methyl/N-ethyl adjacent to an activating group) is 1. The molecule has 0 amide bonds. The number of nitrogens with one attached hydrogen (secondary N) is 2. The zero-order chi connectivity index (χ0) is 18.4. The lowest BCUT2D eigenvalue weighted by molar-refractivity contribution is 0.129. The van der Waals surface area contributed by atoms with Crippen LogP contribution in [-0.4, -0.2) is 50.2 Å². The maximum Gasteiger partial charge on any atom is 0.191 e. The van der Waals surface area contributed by atoms with Gasteiger partial charge in [0, 0.05) is 31.7 Å². The fourth-order valence-corrected chi connectivity index (χ4v) is 2.93. The van der Waals surface area contributed by atoms with Crippen LogP contribution in [-0.2, 0) is 6.54 Å². The second-order valence-electron chi connectivity index (χ2n) is 8.00. The Labute approximate surface area is 176 Å². The van der Waals surface area contributed by atoms with Crippen molar-refractivity contribution in [2.75, 3.05) is 27.7 Å². The van der Waals surface area contributed by atoms with E-state index in [0.717, 1.165) is 29.7 Å². The number of halogens is 1. The van der Waals surface area contributed by atoms with Crippen LogP contribution in [0, 0.1) is 5.92 Å². The van der Waals surface area contributed by atoms with Crippen molar-refractivity contribution >= 4 is 29.9 Å². The molecule has 1 aromatic carbocycles. The molecule has 2 N–H and O–H groups in total. The van der Waals surface area contributed by atoms with Gasteiger partial charge in [0.05, 0.1) is 0 Å². The van der Waals surface area contributed by atoms with E-state index >= 15 is 0 Å². The van der Waals surface area contributed by atoms with Crippen molar-refractivity contribution in [3.63, 3.8) is 0 Å². The van der Waals surface area contributed by atoms with Gasteiger partial charge in [-0.3, -0.25) is 4.99 Å². The Morgan fingerprint density at radius 2 is 1.88 bits per heavy atom. The average Bonchev–Trinajstić information content (AvgIpc) is 3.35. The highest BCUT2D eigenvalue weighted by Crippen LogP contribution is 2.34. The Bertz CT molecular complexity index is 577. The van der Waals surface area contributed by atoms with Crippen molar-refractivity contribution in [3.05, 3.63) is 29.8 Å². The van der Waals surface area contributed by atoms with Gasteiger partial charge in [0.2, 0.25) is 0 Å². The topological polar surface area (TPSA) is 48.9 Å². The van der Waals surface area contributed by atoms with Crippen molar-refractivity contribution in [2.45, 2.75) is 51.8 Å². The molecule has 0 heterocycles. The van der Waals surface area contributed by atoms with Crippen molar-refractivity contribution < 1.29 is 4.74 Å². The smallest absolute Gasteiger partial charge is 0.191 e. The van der Waals surface area contributed by atoms with E-state index in [1.165, 1.54) is 12.8 Å². The molecule has 5 nitrogen and oxygen atoms in total. The monoisotopic (exact) mass is 474 g/mol. The van der Waals surface area contributed by atoms with E-state index in [2.05, 4.69) is 61.5 Å². The highest BCUT2D eigenvalue weighted by molar-refractivity contribution is 14.0. The zero-order valence-electron chi connectivity index (χ0n) is 17.0. The van der Waals surface area contributed by atoms with E-state index < -0.39 is 0 Å². The van der Waals surface area contributed by atoms with Gasteiger partial charge in [-0.1, -0.05) is 18.2 Å². The minimum Gasteiger partial charge on any atom is -0.488 e. The van der Waals surface area contributed by atoms with E-state index in [4.69, 9.17) is 4.74 Å². The molecule has 2 rings (SSSR count). The third-order valence-corrected chi connectivity index (χ3v) is 4.37. The molecule has 148 valence electrons. The summed E-state index contributed by atoms with van der Waals surface area (Å²) in [7, 11) is 6.12. The molecule has 0 aliphatic heterocycles. The number of hydrogen-bond donors (Lipinski definition) is 2. The molecule has 0 saturated heterocycles. The van der Waals surface area contributed by atoms with Crippen molar-refractivity contribution in [1.29, 1.82) is 0 Å². The Morgan fingerprint density at radius 3 is 2.42 bits per heavy atom. The molecule has 1 fully saturated rings. The summed E-state index contributed by atoms with van der Waals surface area (Å²) < 4.78 is 6.06. The Morgan fingerprint density at radius 1 is 1.23 bits per heavy atom. The van der Waals surface area contributed by atoms with Crippen LogP contribution in [0.1, 0.15) is 39.2 Å². The molecule has 1 unspecified atom stereocenters. The molecule has 26 heavy (non-hydrogen) atoms. The lowest BCUT2D eigenvalue weighted by Crippen LogP contribution is -2.45. The fraction of sp³-hybridized carbons (Fsp3) is 0.650. The number of nitrogens with zero attached hydrogens (tertiary/aromatic N) is 2. The van der Waals surface area contributed by atoms with Gasteiger partial charge in [-0.25, -0.2) is 0 Å². The van der Waals surface area contributed by atoms with Crippen LogP contribution >= 0.6 is 24.0 Å². The van der Waals surface area contributed by atoms with E-state index in [1.807, 2.05) is 25.2 Å². The average molecular weight is 474 g/mol. The minimum atomic E-state index is -0.209. The molecule has 6 heteroatoms. The molecule has 1 saturated carbocycles. The van der Waals surface area contributed by atoms with Gasteiger partial charge in [0.1, 0.15) is 11.4 Å². The van der Waals surface area contributed by atoms with Crippen molar-refractivity contribution in [3.8, 4) is 5.75 Å². The molecule has 1 atom stereocenters. The lowest BCUT2D eigenvalue weighted by Gasteiger charge is -2.26. The molecule has 1 aliphatic rings. The number of guanidine groups is 1. The molecule has 0 spiro atoms. The Hall–Kier alpha value is -1.02. The van der Waals surface area contributed by atoms with E-state index in [0.29, 0.717) is 12.6 Å². The maximum atomic E-state index is 6.06. The zero-order valence-corrected chi connectivity index (χ0v) is 19.3. The third-order valence-electron chi connectivity index (χ3n) is 4.37. The summed E-state index contributed by atoms with van der Waals surface area (Å²) in [5.74, 6) is 2.57. The molecule has 0 aromatic heterocycles. The predicted molar refractivity (Wildman–Crippen MR) is 121 cm³/mol. The molecule has 0 bridgehead atoms. The first-order valence-electron chi connectivity index (χ1n) is 9.18. The fourth-order valence-electron chi connectivity index (χ4n) is 2.93. The second kappa shape index (κ2) is 10.3. The predicted octanol–water partition coefficient (Wildman–Crippen LogP) is 3.49. The normalized spacial score (nSPS) is 16.0. The van der Waals surface area contributed by atoms with Crippen LogP contribution in [0.4, 0.5) is 0 Å². The number of ether oxygens (including phenoxy) is 1. The third kappa shape index (κ3) is 7.70. The summed E-state index contributed by atoms with van der Waals surface area (Å²) >= 11 is 0. The van der Waals surface area contributed by atoms with Crippen molar-refractivity contribution in [1.82, 2.24) is 15.5 Å². The van der Waals surface area contributed by atoms with Crippen LogP contribution in [0.3, 0.4) is 0 Å². The van der Waals surface area contributed by atoms with Gasteiger partial charge in [-0.05, 0) is 59.7 Å². The summed E-state index contributed by atoms with van der Waals surface area (Å²) in [4.78, 5) is 6.66. The van der Waals surface area contributed by atoms with E-state index in [9.17, 15) is 0 Å². The Kier molecular flexibility index (Phi) is 9.16. The van der Waals surface area contributed by atoms with Crippen LogP contribution in [0.15, 0.2) is 29.3 Å². The highest BCUT2D eigenvalue weighted by Gasteiger charge is 2.32. The summed E-state index contributed by atoms with van der Waals surface area (Å²) in [5.41, 5.74) is 0.922. The molecular formula is C20H35IN4O. The van der Waals surface area contributed by atoms with Crippen LogP contribution in [0.25, 0.3) is 0 Å². The summed E-state index contributed by atoms with van der Waals surface area (Å²) in [6.45, 7) is 7.80. The number of para-hydroxylation sites is 1. The van der Waals surface area contributed by atoms with Gasteiger partial charge >= 0.3 is 0 Å². The van der Waals surface area contributed by atoms with E-state index in [-0.39, 0.29) is 29.6 Å². The van der Waals surface area contributed by atoms with Crippen LogP contribution < -0.4 is 15.4 Å². The molecular weight excluding hydrogens is 439 g/mol. The van der Waals surface area contributed by atoms with Gasteiger partial charge < -0.3 is 20.3 Å². The highest BCUT2D eigenvalue weighted by atomic mass is 127. The standard InChI is InChI=1S/C20H34N4O.HI/c1-20(2,3)25-18-10-8-7-9-16(18)13-22-19(21-4)23-14-17(24(5)6)15-11-12-15;/h7-10,15,17H,11-14H2,1-6H3,(H2,21,22,23);1H. The molecule has 1 aliphatic carbocycles. The SMILES string of the molecule is CN=C(NCc1ccccc1OC(C)(C)C)NCC(C1CC1)N(C)C.I. The first-order chi connectivity index (χ1) is 11.8. The van der Waals surface area contributed by atoms with E-state index in [1.54, 1.807) is 0 Å². The number of aliphatic imine (C=N–C) groups is 1. The number of rotatable bonds is 7. The van der Waals surface area contributed by atoms with Gasteiger partial charge in [-0.15, -0.1) is 24.0 Å². The molecule has 0 radical (unpaired) electrons. The second-order valence-corrected chi connectivity index (χ2v) is 8.00. The summed E-state index contributed by atoms with van der Waals surface area (Å²) in [5, 5.41) is 6.87. The first-order valence-corrected chi connectivity index (χ1v) is 9.18. The lowest BCUT2D eigenvalue weighted by atomic mass is 10.1. The maximum absolute atomic E-state index is 6.06. The Balaban J connectivity index is 0.00000338. The summed E-state index contributed by atoms with van der Waals surface area (Å²) in [6.07, 6.45) is 2.68. The molecule has 1 aromatic rings. The summed E-state index contributed by atoms with van der Waals surface area (Å²) in [6, 6.07) is 8.73. The largest absolute Gasteiger partial charge is 0.488 e. The van der Waals surface area contributed by atoms with Gasteiger partial charge in [-0.2, -0.15) is 0 Å². The van der Waals surface area contributed by atoms with Gasteiger partial charge in [0.25, 0.3) is 0 Å². The van der Waals surface area contributed by atoms with Gasteiger partial charge in [0.15, 0.2) is 5.96 Å².